The van der Waals surface area contributed by atoms with Crippen molar-refractivity contribution in [2.75, 3.05) is 22.4 Å². The summed E-state index contributed by atoms with van der Waals surface area (Å²) in [6.45, 7) is 4.17. The lowest BCUT2D eigenvalue weighted by Crippen LogP contribution is -2.27. The van der Waals surface area contributed by atoms with Gasteiger partial charge in [-0.3, -0.25) is 9.10 Å². The van der Waals surface area contributed by atoms with Crippen molar-refractivity contribution in [1.82, 2.24) is 9.78 Å². The molecule has 4 rings (SSSR count). The van der Waals surface area contributed by atoms with Crippen LogP contribution in [0.4, 0.5) is 11.4 Å². The van der Waals surface area contributed by atoms with E-state index in [2.05, 4.69) is 10.4 Å². The molecule has 0 atom stereocenters. The Kier molecular flexibility index (Phi) is 4.66. The van der Waals surface area contributed by atoms with E-state index >= 15 is 0 Å². The van der Waals surface area contributed by atoms with Crippen molar-refractivity contribution in [3.8, 4) is 5.69 Å². The molecular weight excluding hydrogens is 388 g/mol. The quantitative estimate of drug-likeness (QED) is 0.716. The molecule has 1 aliphatic heterocycles. The highest BCUT2D eigenvalue weighted by atomic mass is 32.2. The van der Waals surface area contributed by atoms with E-state index in [0.717, 1.165) is 22.6 Å². The average Bonchev–Trinajstić information content (AvgIpc) is 3.24. The molecule has 29 heavy (non-hydrogen) atoms. The fourth-order valence-corrected chi connectivity index (χ4v) is 4.65. The Labute approximate surface area is 170 Å². The maximum absolute atomic E-state index is 12.9. The van der Waals surface area contributed by atoms with Gasteiger partial charge in [0, 0.05) is 12.1 Å². The van der Waals surface area contributed by atoms with Gasteiger partial charge in [-0.05, 0) is 56.2 Å². The molecule has 8 heteroatoms. The number of amides is 1. The number of hydrogen-bond donors (Lipinski definition) is 1. The van der Waals surface area contributed by atoms with E-state index < -0.39 is 10.0 Å². The molecule has 2 aromatic carbocycles. The molecule has 0 saturated carbocycles. The number of anilines is 2. The van der Waals surface area contributed by atoms with E-state index in [-0.39, 0.29) is 5.91 Å². The first-order valence-corrected chi connectivity index (χ1v) is 11.1. The summed E-state index contributed by atoms with van der Waals surface area (Å²) in [4.78, 5) is 12.9. The van der Waals surface area contributed by atoms with Crippen LogP contribution < -0.4 is 9.62 Å². The van der Waals surface area contributed by atoms with Crippen molar-refractivity contribution >= 4 is 27.3 Å². The van der Waals surface area contributed by atoms with E-state index in [9.17, 15) is 13.2 Å². The standard InChI is InChI=1S/C21H22N4O3S/c1-14-20(15(2)25(23-14)18-7-5-4-6-8-18)22-21(26)17-9-10-19-16(13-17)11-12-24(19)29(3,27)28/h4-10,13H,11-12H2,1-3H3,(H,22,26). The fourth-order valence-electron chi connectivity index (χ4n) is 3.69. The Balaban J connectivity index is 1.61. The fraction of sp³-hybridized carbons (Fsp3) is 0.238. The summed E-state index contributed by atoms with van der Waals surface area (Å²) in [5.41, 5.74) is 5.16. The van der Waals surface area contributed by atoms with Crippen LogP contribution in [0, 0.1) is 13.8 Å². The van der Waals surface area contributed by atoms with Crippen LogP contribution >= 0.6 is 0 Å². The summed E-state index contributed by atoms with van der Waals surface area (Å²) < 4.78 is 27.0. The van der Waals surface area contributed by atoms with Gasteiger partial charge in [0.25, 0.3) is 5.91 Å². The third-order valence-electron chi connectivity index (χ3n) is 5.13. The van der Waals surface area contributed by atoms with Gasteiger partial charge in [-0.1, -0.05) is 18.2 Å². The summed E-state index contributed by atoms with van der Waals surface area (Å²) in [6, 6.07) is 14.9. The van der Waals surface area contributed by atoms with Crippen LogP contribution in [0.2, 0.25) is 0 Å². The topological polar surface area (TPSA) is 84.3 Å². The van der Waals surface area contributed by atoms with E-state index in [0.29, 0.717) is 29.9 Å². The van der Waals surface area contributed by atoms with Crippen LogP contribution in [0.3, 0.4) is 0 Å². The molecule has 2 heterocycles. The number of rotatable bonds is 4. The number of carbonyl (C=O) groups is 1. The van der Waals surface area contributed by atoms with Gasteiger partial charge in [0.2, 0.25) is 10.0 Å². The molecule has 3 aromatic rings. The lowest BCUT2D eigenvalue weighted by Gasteiger charge is -2.16. The van der Waals surface area contributed by atoms with E-state index in [1.54, 1.807) is 22.9 Å². The van der Waals surface area contributed by atoms with Crippen molar-refractivity contribution < 1.29 is 13.2 Å². The molecule has 0 saturated heterocycles. The van der Waals surface area contributed by atoms with Gasteiger partial charge < -0.3 is 5.32 Å². The molecule has 0 unspecified atom stereocenters. The second-order valence-electron chi connectivity index (χ2n) is 7.18. The molecule has 0 fully saturated rings. The van der Waals surface area contributed by atoms with Gasteiger partial charge >= 0.3 is 0 Å². The smallest absolute Gasteiger partial charge is 0.255 e. The van der Waals surface area contributed by atoms with Crippen LogP contribution in [-0.4, -0.2) is 36.9 Å². The summed E-state index contributed by atoms with van der Waals surface area (Å²) in [6.07, 6.45) is 1.78. The summed E-state index contributed by atoms with van der Waals surface area (Å²) in [7, 11) is -3.31. The Hall–Kier alpha value is -3.13. The molecule has 7 nitrogen and oxygen atoms in total. The molecule has 0 bridgehead atoms. The molecule has 150 valence electrons. The maximum Gasteiger partial charge on any atom is 0.255 e. The van der Waals surface area contributed by atoms with Crippen molar-refractivity contribution in [1.29, 1.82) is 0 Å². The number of hydrogen-bond acceptors (Lipinski definition) is 4. The number of fused-ring (bicyclic) bond motifs is 1. The molecule has 0 radical (unpaired) electrons. The lowest BCUT2D eigenvalue weighted by molar-refractivity contribution is 0.102. The number of nitrogens with one attached hydrogen (secondary N) is 1. The largest absolute Gasteiger partial charge is 0.319 e. The van der Waals surface area contributed by atoms with Gasteiger partial charge in [-0.25, -0.2) is 13.1 Å². The van der Waals surface area contributed by atoms with Gasteiger partial charge in [-0.15, -0.1) is 0 Å². The number of carbonyl (C=O) groups excluding carboxylic acids is 1. The number of sulfonamides is 1. The Morgan fingerprint density at radius 1 is 1.10 bits per heavy atom. The zero-order valence-electron chi connectivity index (χ0n) is 16.5. The van der Waals surface area contributed by atoms with Crippen LogP contribution in [0.15, 0.2) is 48.5 Å². The Bertz CT molecular complexity index is 1200. The summed E-state index contributed by atoms with van der Waals surface area (Å²) in [5, 5.41) is 7.51. The van der Waals surface area contributed by atoms with Gasteiger partial charge in [0.05, 0.1) is 34.7 Å². The predicted octanol–water partition coefficient (Wildman–Crippen LogP) is 3.06. The molecular formula is C21H22N4O3S. The van der Waals surface area contributed by atoms with Crippen molar-refractivity contribution in [2.45, 2.75) is 20.3 Å². The molecule has 1 aromatic heterocycles. The first kappa shape index (κ1) is 19.2. The second-order valence-corrected chi connectivity index (χ2v) is 9.08. The predicted molar refractivity (Wildman–Crippen MR) is 113 cm³/mol. The molecule has 0 aliphatic carbocycles. The Morgan fingerprint density at radius 2 is 1.83 bits per heavy atom. The van der Waals surface area contributed by atoms with Crippen LogP contribution in [0.1, 0.15) is 27.3 Å². The molecule has 0 spiro atoms. The monoisotopic (exact) mass is 410 g/mol. The van der Waals surface area contributed by atoms with Crippen LogP contribution in [0.25, 0.3) is 5.69 Å². The average molecular weight is 410 g/mol. The molecule has 1 aliphatic rings. The zero-order valence-corrected chi connectivity index (χ0v) is 17.3. The minimum absolute atomic E-state index is 0.246. The lowest BCUT2D eigenvalue weighted by atomic mass is 10.1. The highest BCUT2D eigenvalue weighted by Crippen LogP contribution is 2.31. The first-order chi connectivity index (χ1) is 13.8. The number of aryl methyl sites for hydroxylation is 1. The minimum atomic E-state index is -3.31. The maximum atomic E-state index is 12.9. The summed E-state index contributed by atoms with van der Waals surface area (Å²) >= 11 is 0. The van der Waals surface area contributed by atoms with Crippen LogP contribution in [-0.2, 0) is 16.4 Å². The third kappa shape index (κ3) is 3.51. The van der Waals surface area contributed by atoms with E-state index in [4.69, 9.17) is 0 Å². The van der Waals surface area contributed by atoms with Gasteiger partial charge in [-0.2, -0.15) is 5.10 Å². The number of benzene rings is 2. The normalized spacial score (nSPS) is 13.4. The number of para-hydroxylation sites is 1. The molecule has 1 N–H and O–H groups in total. The van der Waals surface area contributed by atoms with Gasteiger partial charge in [0.15, 0.2) is 0 Å². The minimum Gasteiger partial charge on any atom is -0.319 e. The zero-order chi connectivity index (χ0) is 20.8. The van der Waals surface area contributed by atoms with Crippen molar-refractivity contribution in [3.63, 3.8) is 0 Å². The Morgan fingerprint density at radius 3 is 2.52 bits per heavy atom. The third-order valence-corrected chi connectivity index (χ3v) is 6.31. The van der Waals surface area contributed by atoms with Crippen LogP contribution in [0.5, 0.6) is 0 Å². The second kappa shape index (κ2) is 7.04. The SMILES string of the molecule is Cc1nn(-c2ccccc2)c(C)c1NC(=O)c1ccc2c(c1)CCN2S(C)(=O)=O. The van der Waals surface area contributed by atoms with Gasteiger partial charge in [0.1, 0.15) is 0 Å². The summed E-state index contributed by atoms with van der Waals surface area (Å²) in [5.74, 6) is -0.246. The number of aromatic nitrogens is 2. The van der Waals surface area contributed by atoms with E-state index in [1.807, 2.05) is 44.2 Å². The van der Waals surface area contributed by atoms with Crippen molar-refractivity contribution in [3.05, 3.63) is 71.0 Å². The van der Waals surface area contributed by atoms with E-state index in [1.165, 1.54) is 10.6 Å². The molecule has 1 amide bonds. The number of nitrogens with zero attached hydrogens (tertiary/aromatic N) is 3. The highest BCUT2D eigenvalue weighted by molar-refractivity contribution is 7.92. The highest BCUT2D eigenvalue weighted by Gasteiger charge is 2.27. The van der Waals surface area contributed by atoms with Crippen molar-refractivity contribution in [2.24, 2.45) is 0 Å². The first-order valence-electron chi connectivity index (χ1n) is 9.29.